The molecule has 2 heterocycles. The maximum Gasteiger partial charge on any atom is 0.124 e. The Balaban J connectivity index is 1.49. The van der Waals surface area contributed by atoms with Crippen LogP contribution in [0.25, 0.3) is 0 Å². The Morgan fingerprint density at radius 3 is 2.45 bits per heavy atom. The molecule has 2 unspecified atom stereocenters. The second kappa shape index (κ2) is 9.83. The van der Waals surface area contributed by atoms with Crippen LogP contribution in [-0.2, 0) is 15.9 Å². The molecule has 2 saturated heterocycles. The van der Waals surface area contributed by atoms with E-state index in [1.165, 1.54) is 0 Å². The molecule has 0 radical (unpaired) electrons. The van der Waals surface area contributed by atoms with Crippen molar-refractivity contribution < 1.29 is 34.6 Å². The van der Waals surface area contributed by atoms with Crippen molar-refractivity contribution in [3.05, 3.63) is 64.2 Å². The highest BCUT2D eigenvalue weighted by atomic mass is 35.5. The third-order valence-electron chi connectivity index (χ3n) is 5.80. The Labute approximate surface area is 185 Å². The summed E-state index contributed by atoms with van der Waals surface area (Å²) in [7, 11) is 0. The van der Waals surface area contributed by atoms with Crippen LogP contribution >= 0.6 is 11.6 Å². The van der Waals surface area contributed by atoms with Gasteiger partial charge in [-0.3, -0.25) is 0 Å². The molecule has 2 aromatic carbocycles. The average molecular weight is 451 g/mol. The van der Waals surface area contributed by atoms with E-state index in [0.717, 1.165) is 29.9 Å². The predicted molar refractivity (Wildman–Crippen MR) is 113 cm³/mol. The van der Waals surface area contributed by atoms with E-state index in [1.54, 1.807) is 12.1 Å². The van der Waals surface area contributed by atoms with Gasteiger partial charge < -0.3 is 34.6 Å². The molecule has 0 aliphatic carbocycles. The smallest absolute Gasteiger partial charge is 0.124 e. The van der Waals surface area contributed by atoms with E-state index in [1.807, 2.05) is 30.3 Å². The van der Waals surface area contributed by atoms with Crippen LogP contribution in [0.2, 0.25) is 5.02 Å². The molecule has 168 valence electrons. The van der Waals surface area contributed by atoms with E-state index in [4.69, 9.17) is 25.8 Å². The predicted octanol–water partition coefficient (Wildman–Crippen LogP) is 1.61. The van der Waals surface area contributed by atoms with Gasteiger partial charge in [0.2, 0.25) is 0 Å². The minimum absolute atomic E-state index is 0.0931. The Morgan fingerprint density at radius 2 is 1.77 bits per heavy atom. The maximum absolute atomic E-state index is 10.4. The van der Waals surface area contributed by atoms with Gasteiger partial charge in [0.1, 0.15) is 42.4 Å². The van der Waals surface area contributed by atoms with Crippen molar-refractivity contribution in [2.75, 3.05) is 19.8 Å². The summed E-state index contributed by atoms with van der Waals surface area (Å²) >= 11 is 6.40. The molecule has 2 aromatic rings. The van der Waals surface area contributed by atoms with Gasteiger partial charge in [0.25, 0.3) is 0 Å². The van der Waals surface area contributed by atoms with Gasteiger partial charge in [-0.05, 0) is 41.3 Å². The molecule has 2 fully saturated rings. The molecule has 31 heavy (non-hydrogen) atoms. The first kappa shape index (κ1) is 22.5. The fourth-order valence-electron chi connectivity index (χ4n) is 3.99. The summed E-state index contributed by atoms with van der Waals surface area (Å²) in [4.78, 5) is 0. The second-order valence-electron chi connectivity index (χ2n) is 8.02. The molecule has 4 rings (SSSR count). The van der Waals surface area contributed by atoms with E-state index in [2.05, 4.69) is 0 Å². The normalized spacial score (nSPS) is 31.0. The topological polar surface area (TPSA) is 109 Å². The lowest BCUT2D eigenvalue weighted by molar-refractivity contribution is -0.231. The fraction of sp³-hybridized carbons (Fsp3) is 0.478. The van der Waals surface area contributed by atoms with E-state index in [-0.39, 0.29) is 6.10 Å². The largest absolute Gasteiger partial charge is 0.488 e. The van der Waals surface area contributed by atoms with Crippen molar-refractivity contribution in [2.45, 2.75) is 49.5 Å². The molecule has 0 aromatic heterocycles. The summed E-state index contributed by atoms with van der Waals surface area (Å²) in [6.07, 6.45) is -4.46. The summed E-state index contributed by atoms with van der Waals surface area (Å²) in [5, 5.41) is 40.5. The number of aliphatic hydroxyl groups is 4. The monoisotopic (exact) mass is 450 g/mol. The zero-order chi connectivity index (χ0) is 22.0. The molecular formula is C23H27ClO7. The molecule has 0 amide bonds. The quantitative estimate of drug-likeness (QED) is 0.529. The van der Waals surface area contributed by atoms with E-state index >= 15 is 0 Å². The molecule has 0 spiro atoms. The number of benzene rings is 2. The van der Waals surface area contributed by atoms with Crippen molar-refractivity contribution in [1.82, 2.24) is 0 Å². The number of aliphatic hydroxyl groups excluding tert-OH is 4. The van der Waals surface area contributed by atoms with Crippen LogP contribution in [0.5, 0.6) is 5.75 Å². The zero-order valence-electron chi connectivity index (χ0n) is 16.9. The highest BCUT2D eigenvalue weighted by Gasteiger charge is 2.44. The lowest BCUT2D eigenvalue weighted by Gasteiger charge is -2.40. The number of ether oxygens (including phenoxy) is 3. The Kier molecular flexibility index (Phi) is 7.13. The van der Waals surface area contributed by atoms with Gasteiger partial charge in [0.15, 0.2) is 0 Å². The van der Waals surface area contributed by atoms with Crippen molar-refractivity contribution >= 4 is 11.6 Å². The van der Waals surface area contributed by atoms with Gasteiger partial charge in [-0.25, -0.2) is 0 Å². The molecule has 8 heteroatoms. The van der Waals surface area contributed by atoms with Gasteiger partial charge in [-0.2, -0.15) is 0 Å². The first-order chi connectivity index (χ1) is 15.0. The third kappa shape index (κ3) is 5.04. The highest BCUT2D eigenvalue weighted by Crippen LogP contribution is 2.34. The number of rotatable bonds is 6. The van der Waals surface area contributed by atoms with E-state index in [0.29, 0.717) is 23.6 Å². The molecule has 2 aliphatic heterocycles. The number of hydrogen-bond acceptors (Lipinski definition) is 7. The third-order valence-corrected chi connectivity index (χ3v) is 6.17. The number of hydrogen-bond donors (Lipinski definition) is 4. The molecule has 0 bridgehead atoms. The maximum atomic E-state index is 10.4. The SMILES string of the molecule is OC[C@H]1O[C@@H](c2ccc(Cl)c(Cc3ccc(O[C@H]4CCOC4)cc3)c2)C(O)C(O)[C@@H]1O. The summed E-state index contributed by atoms with van der Waals surface area (Å²) < 4.78 is 16.9. The van der Waals surface area contributed by atoms with Gasteiger partial charge in [0.05, 0.1) is 19.8 Å². The van der Waals surface area contributed by atoms with Crippen molar-refractivity contribution in [1.29, 1.82) is 0 Å². The van der Waals surface area contributed by atoms with Crippen molar-refractivity contribution in [2.24, 2.45) is 0 Å². The van der Waals surface area contributed by atoms with Crippen molar-refractivity contribution in [3.63, 3.8) is 0 Å². The van der Waals surface area contributed by atoms with Gasteiger partial charge >= 0.3 is 0 Å². The highest BCUT2D eigenvalue weighted by molar-refractivity contribution is 6.31. The van der Waals surface area contributed by atoms with Crippen LogP contribution in [0.3, 0.4) is 0 Å². The Hall–Kier alpha value is -1.71. The second-order valence-corrected chi connectivity index (χ2v) is 8.43. The van der Waals surface area contributed by atoms with Gasteiger partial charge in [-0.1, -0.05) is 35.9 Å². The zero-order valence-corrected chi connectivity index (χ0v) is 17.7. The van der Waals surface area contributed by atoms with Crippen LogP contribution in [0.4, 0.5) is 0 Å². The molecule has 6 atom stereocenters. The summed E-state index contributed by atoms with van der Waals surface area (Å²) in [6, 6.07) is 13.0. The standard InChI is InChI=1S/C23H27ClO7/c24-18-6-3-14(23-22(28)21(27)20(26)19(11-25)31-23)10-15(18)9-13-1-4-16(5-2-13)30-17-7-8-29-12-17/h1-6,10,17,19-23,25-28H,7-9,11-12H2/t17-,19+,20+,21?,22?,23-/m0/s1. The van der Waals surface area contributed by atoms with Crippen LogP contribution in [0.15, 0.2) is 42.5 Å². The van der Waals surface area contributed by atoms with Gasteiger partial charge in [-0.15, -0.1) is 0 Å². The summed E-state index contributed by atoms with van der Waals surface area (Å²) in [6.45, 7) is 0.872. The molecule has 2 aliphatic rings. The lowest BCUT2D eigenvalue weighted by Crippen LogP contribution is -2.55. The van der Waals surface area contributed by atoms with Gasteiger partial charge in [0, 0.05) is 11.4 Å². The molecular weight excluding hydrogens is 424 g/mol. The van der Waals surface area contributed by atoms with Crippen LogP contribution in [0.1, 0.15) is 29.2 Å². The number of halogens is 1. The van der Waals surface area contributed by atoms with Crippen LogP contribution < -0.4 is 4.74 Å². The average Bonchev–Trinajstić information content (AvgIpc) is 3.28. The van der Waals surface area contributed by atoms with E-state index < -0.39 is 37.1 Å². The lowest BCUT2D eigenvalue weighted by atomic mass is 9.90. The minimum atomic E-state index is -1.42. The first-order valence-corrected chi connectivity index (χ1v) is 10.8. The minimum Gasteiger partial charge on any atom is -0.488 e. The van der Waals surface area contributed by atoms with Crippen LogP contribution in [-0.4, -0.2) is 70.8 Å². The summed E-state index contributed by atoms with van der Waals surface area (Å²) in [5.41, 5.74) is 2.47. The molecule has 4 N–H and O–H groups in total. The molecule has 0 saturated carbocycles. The Morgan fingerprint density at radius 1 is 1.00 bits per heavy atom. The van der Waals surface area contributed by atoms with Crippen LogP contribution in [0, 0.1) is 0 Å². The first-order valence-electron chi connectivity index (χ1n) is 10.4. The van der Waals surface area contributed by atoms with Crippen molar-refractivity contribution in [3.8, 4) is 5.75 Å². The Bertz CT molecular complexity index is 867. The fourth-order valence-corrected chi connectivity index (χ4v) is 4.17. The van der Waals surface area contributed by atoms with E-state index in [9.17, 15) is 20.4 Å². The summed E-state index contributed by atoms with van der Waals surface area (Å²) in [5.74, 6) is 0.792. The molecule has 7 nitrogen and oxygen atoms in total.